The van der Waals surface area contributed by atoms with Gasteiger partial charge in [0.05, 0.1) is 0 Å². The van der Waals surface area contributed by atoms with Gasteiger partial charge < -0.3 is 10.6 Å². The van der Waals surface area contributed by atoms with Crippen molar-refractivity contribution in [1.29, 1.82) is 0 Å². The summed E-state index contributed by atoms with van der Waals surface area (Å²) in [6.07, 6.45) is 2.00. The highest BCUT2D eigenvalue weighted by molar-refractivity contribution is 6.30. The van der Waals surface area contributed by atoms with Crippen molar-refractivity contribution < 1.29 is 4.79 Å². The van der Waals surface area contributed by atoms with E-state index in [2.05, 4.69) is 22.8 Å². The predicted molar refractivity (Wildman–Crippen MR) is 87.0 cm³/mol. The number of fused-ring (bicyclic) bond motifs is 1. The molecule has 21 heavy (non-hydrogen) atoms. The first-order valence-corrected chi connectivity index (χ1v) is 7.39. The molecule has 1 amide bonds. The second kappa shape index (κ2) is 5.78. The van der Waals surface area contributed by atoms with Crippen LogP contribution in [0.15, 0.2) is 42.5 Å². The fourth-order valence-electron chi connectivity index (χ4n) is 2.78. The van der Waals surface area contributed by atoms with E-state index in [1.807, 2.05) is 30.3 Å². The Labute approximate surface area is 129 Å². The first-order chi connectivity index (χ1) is 10.1. The van der Waals surface area contributed by atoms with Crippen LogP contribution in [0.3, 0.4) is 0 Å². The molecule has 1 atom stereocenters. The molecule has 0 spiro atoms. The van der Waals surface area contributed by atoms with Crippen LogP contribution in [0.2, 0.25) is 5.02 Å². The second-order valence-corrected chi connectivity index (χ2v) is 5.86. The number of benzene rings is 2. The minimum absolute atomic E-state index is 0.0566. The zero-order chi connectivity index (χ0) is 14.8. The van der Waals surface area contributed by atoms with Gasteiger partial charge in [-0.3, -0.25) is 4.79 Å². The first kappa shape index (κ1) is 14.0. The molecular weight excluding hydrogens is 284 g/mol. The molecule has 2 N–H and O–H groups in total. The third-order valence-corrected chi connectivity index (χ3v) is 3.91. The van der Waals surface area contributed by atoms with Crippen molar-refractivity contribution in [2.75, 3.05) is 10.6 Å². The van der Waals surface area contributed by atoms with E-state index in [1.165, 1.54) is 18.1 Å². The van der Waals surface area contributed by atoms with Crippen molar-refractivity contribution in [1.82, 2.24) is 0 Å². The first-order valence-electron chi connectivity index (χ1n) is 7.01. The van der Waals surface area contributed by atoms with Crippen LogP contribution in [0, 0.1) is 0 Å². The predicted octanol–water partition coefficient (Wildman–Crippen LogP) is 3.88. The second-order valence-electron chi connectivity index (χ2n) is 5.42. The summed E-state index contributed by atoms with van der Waals surface area (Å²) in [5, 5.41) is 7.10. The number of amides is 1. The highest BCUT2D eigenvalue weighted by Gasteiger charge is 2.21. The number of halogens is 1. The number of anilines is 2. The number of carbonyl (C=O) groups excluding carboxylic acids is 1. The zero-order valence-corrected chi connectivity index (χ0v) is 12.6. The maximum atomic E-state index is 11.0. The summed E-state index contributed by atoms with van der Waals surface area (Å²) in [5.74, 6) is -0.0566. The smallest absolute Gasteiger partial charge is 0.221 e. The quantitative estimate of drug-likeness (QED) is 0.903. The Morgan fingerprint density at radius 1 is 1.05 bits per heavy atom. The van der Waals surface area contributed by atoms with Gasteiger partial charge in [0.25, 0.3) is 0 Å². The van der Waals surface area contributed by atoms with Gasteiger partial charge in [0, 0.05) is 29.4 Å². The van der Waals surface area contributed by atoms with Gasteiger partial charge in [0.1, 0.15) is 0 Å². The molecular formula is C17H17ClN2O. The molecule has 0 saturated carbocycles. The Bertz CT molecular complexity index is 667. The lowest BCUT2D eigenvalue weighted by molar-refractivity contribution is -0.114. The summed E-state index contributed by atoms with van der Waals surface area (Å²) in [6, 6.07) is 14.3. The molecule has 3 rings (SSSR count). The SMILES string of the molecule is CC(=O)Nc1ccc(NC2Cc3ccc(Cl)cc3C2)cc1. The van der Waals surface area contributed by atoms with E-state index in [4.69, 9.17) is 11.6 Å². The summed E-state index contributed by atoms with van der Waals surface area (Å²) in [6.45, 7) is 1.51. The van der Waals surface area contributed by atoms with Gasteiger partial charge in [-0.15, -0.1) is 0 Å². The van der Waals surface area contributed by atoms with Crippen molar-refractivity contribution >= 4 is 28.9 Å². The van der Waals surface area contributed by atoms with Crippen LogP contribution in [0.4, 0.5) is 11.4 Å². The van der Waals surface area contributed by atoms with Crippen LogP contribution in [-0.4, -0.2) is 11.9 Å². The molecule has 4 heteroatoms. The molecule has 0 aliphatic heterocycles. The molecule has 0 heterocycles. The summed E-state index contributed by atoms with van der Waals surface area (Å²) in [7, 11) is 0. The van der Waals surface area contributed by atoms with E-state index in [-0.39, 0.29) is 5.91 Å². The fourth-order valence-corrected chi connectivity index (χ4v) is 2.97. The Kier molecular flexibility index (Phi) is 3.84. The summed E-state index contributed by atoms with van der Waals surface area (Å²) >= 11 is 6.04. The minimum Gasteiger partial charge on any atom is -0.382 e. The van der Waals surface area contributed by atoms with Crippen LogP contribution < -0.4 is 10.6 Å². The van der Waals surface area contributed by atoms with E-state index < -0.39 is 0 Å². The maximum absolute atomic E-state index is 11.0. The van der Waals surface area contributed by atoms with Gasteiger partial charge >= 0.3 is 0 Å². The van der Waals surface area contributed by atoms with Gasteiger partial charge in [-0.05, 0) is 60.4 Å². The molecule has 1 aliphatic rings. The highest BCUT2D eigenvalue weighted by Crippen LogP contribution is 2.27. The van der Waals surface area contributed by atoms with Crippen LogP contribution in [0.1, 0.15) is 18.1 Å². The molecule has 0 saturated heterocycles. The van der Waals surface area contributed by atoms with Gasteiger partial charge in [0.15, 0.2) is 0 Å². The number of carbonyl (C=O) groups is 1. The van der Waals surface area contributed by atoms with Crippen molar-refractivity contribution in [2.24, 2.45) is 0 Å². The lowest BCUT2D eigenvalue weighted by Gasteiger charge is -2.14. The molecule has 0 radical (unpaired) electrons. The van der Waals surface area contributed by atoms with E-state index in [9.17, 15) is 4.79 Å². The third kappa shape index (κ3) is 3.37. The van der Waals surface area contributed by atoms with E-state index in [0.717, 1.165) is 29.2 Å². The van der Waals surface area contributed by atoms with Gasteiger partial charge in [-0.2, -0.15) is 0 Å². The highest BCUT2D eigenvalue weighted by atomic mass is 35.5. The number of hydrogen-bond donors (Lipinski definition) is 2. The molecule has 0 bridgehead atoms. The molecule has 1 aliphatic carbocycles. The number of hydrogen-bond acceptors (Lipinski definition) is 2. The van der Waals surface area contributed by atoms with Gasteiger partial charge in [-0.1, -0.05) is 17.7 Å². The summed E-state index contributed by atoms with van der Waals surface area (Å²) in [5.41, 5.74) is 4.57. The molecule has 0 fully saturated rings. The van der Waals surface area contributed by atoms with Crippen LogP contribution in [0.5, 0.6) is 0 Å². The Morgan fingerprint density at radius 3 is 2.43 bits per heavy atom. The maximum Gasteiger partial charge on any atom is 0.221 e. The van der Waals surface area contributed by atoms with Crippen molar-refractivity contribution in [3.05, 3.63) is 58.6 Å². The monoisotopic (exact) mass is 300 g/mol. The minimum atomic E-state index is -0.0566. The molecule has 1 unspecified atom stereocenters. The van der Waals surface area contributed by atoms with Crippen molar-refractivity contribution in [2.45, 2.75) is 25.8 Å². The van der Waals surface area contributed by atoms with Crippen molar-refractivity contribution in [3.63, 3.8) is 0 Å². The molecule has 0 aromatic heterocycles. The molecule has 2 aromatic rings. The Hall–Kier alpha value is -2.00. The lowest BCUT2D eigenvalue weighted by atomic mass is 10.1. The van der Waals surface area contributed by atoms with Gasteiger partial charge in [0.2, 0.25) is 5.91 Å². The number of rotatable bonds is 3. The normalized spacial score (nSPS) is 16.4. The average molecular weight is 301 g/mol. The third-order valence-electron chi connectivity index (χ3n) is 3.68. The lowest BCUT2D eigenvalue weighted by Crippen LogP contribution is -2.19. The molecule has 2 aromatic carbocycles. The Morgan fingerprint density at radius 2 is 1.71 bits per heavy atom. The van der Waals surface area contributed by atoms with Crippen LogP contribution in [0.25, 0.3) is 0 Å². The standard InChI is InChI=1S/C17H17ClN2O/c1-11(21)19-15-4-6-16(7-5-15)20-17-9-12-2-3-14(18)8-13(12)10-17/h2-8,17,20H,9-10H2,1H3,(H,19,21). The molecule has 108 valence electrons. The van der Waals surface area contributed by atoms with E-state index >= 15 is 0 Å². The van der Waals surface area contributed by atoms with E-state index in [0.29, 0.717) is 6.04 Å². The van der Waals surface area contributed by atoms with Crippen molar-refractivity contribution in [3.8, 4) is 0 Å². The Balaban J connectivity index is 1.64. The average Bonchev–Trinajstić information content (AvgIpc) is 2.82. The van der Waals surface area contributed by atoms with E-state index in [1.54, 1.807) is 0 Å². The zero-order valence-electron chi connectivity index (χ0n) is 11.8. The fraction of sp³-hybridized carbons (Fsp3) is 0.235. The van der Waals surface area contributed by atoms with Crippen LogP contribution in [-0.2, 0) is 17.6 Å². The summed E-state index contributed by atoms with van der Waals surface area (Å²) < 4.78 is 0. The van der Waals surface area contributed by atoms with Crippen LogP contribution >= 0.6 is 11.6 Å². The van der Waals surface area contributed by atoms with Gasteiger partial charge in [-0.25, -0.2) is 0 Å². The number of nitrogens with one attached hydrogen (secondary N) is 2. The summed E-state index contributed by atoms with van der Waals surface area (Å²) in [4.78, 5) is 11.0. The largest absolute Gasteiger partial charge is 0.382 e. The topological polar surface area (TPSA) is 41.1 Å². The molecule has 3 nitrogen and oxygen atoms in total.